The highest BCUT2D eigenvalue weighted by Gasteiger charge is 2.20. The molecule has 0 aliphatic carbocycles. The number of carbonyl (C=O) groups is 1. The van der Waals surface area contributed by atoms with Crippen LogP contribution in [-0.2, 0) is 4.79 Å². The largest absolute Gasteiger partial charge is 0.349 e. The van der Waals surface area contributed by atoms with Crippen LogP contribution in [0.25, 0.3) is 0 Å². The molecular weight excluding hydrogens is 284 g/mol. The third-order valence-electron chi connectivity index (χ3n) is 4.89. The number of amides is 1. The highest BCUT2D eigenvalue weighted by Crippen LogP contribution is 2.24. The summed E-state index contributed by atoms with van der Waals surface area (Å²) in [5.41, 5.74) is 2.55. The molecule has 1 aromatic carbocycles. The molecule has 0 saturated carbocycles. The van der Waals surface area contributed by atoms with Gasteiger partial charge < -0.3 is 10.6 Å². The molecule has 3 nitrogen and oxygen atoms in total. The fourth-order valence-electron chi connectivity index (χ4n) is 3.26. The predicted molar refractivity (Wildman–Crippen MR) is 96.5 cm³/mol. The Labute approximate surface area is 141 Å². The Kier molecular flexibility index (Phi) is 6.64. The van der Waals surface area contributed by atoms with Crippen molar-refractivity contribution in [3.63, 3.8) is 0 Å². The van der Waals surface area contributed by atoms with E-state index in [4.69, 9.17) is 0 Å². The van der Waals surface area contributed by atoms with Crippen LogP contribution in [0.5, 0.6) is 0 Å². The molecule has 1 aliphatic rings. The lowest BCUT2D eigenvalue weighted by Gasteiger charge is -2.24. The van der Waals surface area contributed by atoms with E-state index < -0.39 is 0 Å². The Hall–Kier alpha value is -1.35. The lowest BCUT2D eigenvalue weighted by Crippen LogP contribution is -2.32. The zero-order valence-corrected chi connectivity index (χ0v) is 15.1. The minimum Gasteiger partial charge on any atom is -0.349 e. The molecule has 0 spiro atoms. The first-order valence-corrected chi connectivity index (χ1v) is 9.07. The van der Waals surface area contributed by atoms with Crippen molar-refractivity contribution in [3.8, 4) is 0 Å². The maximum absolute atomic E-state index is 12.3. The van der Waals surface area contributed by atoms with Gasteiger partial charge in [0.1, 0.15) is 0 Å². The zero-order valence-electron chi connectivity index (χ0n) is 15.1. The van der Waals surface area contributed by atoms with E-state index in [0.29, 0.717) is 24.2 Å². The number of nitrogens with one attached hydrogen (secondary N) is 2. The molecule has 1 fully saturated rings. The Morgan fingerprint density at radius 1 is 1.17 bits per heavy atom. The Bertz CT molecular complexity index is 487. The van der Waals surface area contributed by atoms with Crippen LogP contribution in [0.3, 0.4) is 0 Å². The van der Waals surface area contributed by atoms with Crippen LogP contribution >= 0.6 is 0 Å². The van der Waals surface area contributed by atoms with E-state index in [1.807, 2.05) is 0 Å². The normalized spacial score (nSPS) is 19.3. The van der Waals surface area contributed by atoms with Crippen molar-refractivity contribution >= 4 is 5.91 Å². The molecule has 1 aliphatic heterocycles. The van der Waals surface area contributed by atoms with Crippen molar-refractivity contribution in [1.82, 2.24) is 10.6 Å². The minimum absolute atomic E-state index is 0.102. The van der Waals surface area contributed by atoms with E-state index in [1.54, 1.807) is 0 Å². The van der Waals surface area contributed by atoms with Crippen molar-refractivity contribution < 1.29 is 4.79 Å². The highest BCUT2D eigenvalue weighted by molar-refractivity contribution is 5.76. The molecule has 23 heavy (non-hydrogen) atoms. The Balaban J connectivity index is 1.93. The number of hydrogen-bond donors (Lipinski definition) is 2. The van der Waals surface area contributed by atoms with Crippen molar-refractivity contribution in [2.24, 2.45) is 11.8 Å². The van der Waals surface area contributed by atoms with Gasteiger partial charge in [-0.25, -0.2) is 0 Å². The molecular formula is C20H32N2O. The summed E-state index contributed by atoms with van der Waals surface area (Å²) in [5.74, 6) is 1.78. The SMILES string of the molecule is CC(C)c1ccc(C(NC(=O)CCC2CCNC2)C(C)C)cc1. The summed E-state index contributed by atoms with van der Waals surface area (Å²) in [5, 5.41) is 6.61. The second-order valence-corrected chi connectivity index (χ2v) is 7.51. The lowest BCUT2D eigenvalue weighted by molar-refractivity contribution is -0.122. The first kappa shape index (κ1) is 18.0. The van der Waals surface area contributed by atoms with Crippen LogP contribution in [0.1, 0.15) is 70.0 Å². The fourth-order valence-corrected chi connectivity index (χ4v) is 3.26. The molecule has 2 N–H and O–H groups in total. The lowest BCUT2D eigenvalue weighted by atomic mass is 9.93. The fraction of sp³-hybridized carbons (Fsp3) is 0.650. The predicted octanol–water partition coefficient (Wildman–Crippen LogP) is 4.01. The maximum Gasteiger partial charge on any atom is 0.220 e. The van der Waals surface area contributed by atoms with Crippen LogP contribution in [-0.4, -0.2) is 19.0 Å². The van der Waals surface area contributed by atoms with Gasteiger partial charge in [-0.1, -0.05) is 52.0 Å². The summed E-state index contributed by atoms with van der Waals surface area (Å²) in [6, 6.07) is 8.81. The number of rotatable bonds is 7. The van der Waals surface area contributed by atoms with Gasteiger partial charge in [0.25, 0.3) is 0 Å². The molecule has 2 unspecified atom stereocenters. The van der Waals surface area contributed by atoms with E-state index in [2.05, 4.69) is 62.6 Å². The first-order valence-electron chi connectivity index (χ1n) is 9.07. The van der Waals surface area contributed by atoms with Crippen molar-refractivity contribution in [2.75, 3.05) is 13.1 Å². The average Bonchev–Trinajstić information content (AvgIpc) is 3.04. The smallest absolute Gasteiger partial charge is 0.220 e. The van der Waals surface area contributed by atoms with Crippen LogP contribution in [0.2, 0.25) is 0 Å². The summed E-state index contributed by atoms with van der Waals surface area (Å²) >= 11 is 0. The Morgan fingerprint density at radius 3 is 2.35 bits per heavy atom. The summed E-state index contributed by atoms with van der Waals surface area (Å²) in [4.78, 5) is 12.3. The van der Waals surface area contributed by atoms with Gasteiger partial charge in [0.05, 0.1) is 6.04 Å². The third-order valence-corrected chi connectivity index (χ3v) is 4.89. The van der Waals surface area contributed by atoms with E-state index in [9.17, 15) is 4.79 Å². The zero-order chi connectivity index (χ0) is 16.8. The number of hydrogen-bond acceptors (Lipinski definition) is 2. The van der Waals surface area contributed by atoms with Gasteiger partial charge in [-0.2, -0.15) is 0 Å². The van der Waals surface area contributed by atoms with Gasteiger partial charge >= 0.3 is 0 Å². The van der Waals surface area contributed by atoms with Crippen LogP contribution in [0.4, 0.5) is 0 Å². The van der Waals surface area contributed by atoms with Gasteiger partial charge in [0.15, 0.2) is 0 Å². The number of benzene rings is 1. The van der Waals surface area contributed by atoms with Gasteiger partial charge in [-0.05, 0) is 54.8 Å². The van der Waals surface area contributed by atoms with Crippen molar-refractivity contribution in [1.29, 1.82) is 0 Å². The maximum atomic E-state index is 12.3. The van der Waals surface area contributed by atoms with Gasteiger partial charge in [-0.15, -0.1) is 0 Å². The van der Waals surface area contributed by atoms with Crippen molar-refractivity contribution in [2.45, 2.75) is 58.9 Å². The second-order valence-electron chi connectivity index (χ2n) is 7.51. The van der Waals surface area contributed by atoms with Gasteiger partial charge in [0, 0.05) is 6.42 Å². The van der Waals surface area contributed by atoms with E-state index in [0.717, 1.165) is 19.5 Å². The third kappa shape index (κ3) is 5.35. The molecule has 1 aromatic rings. The molecule has 1 amide bonds. The molecule has 3 heteroatoms. The van der Waals surface area contributed by atoms with Crippen LogP contribution < -0.4 is 10.6 Å². The molecule has 2 rings (SSSR count). The monoisotopic (exact) mass is 316 g/mol. The topological polar surface area (TPSA) is 41.1 Å². The van der Waals surface area contributed by atoms with Gasteiger partial charge in [-0.3, -0.25) is 4.79 Å². The number of carbonyl (C=O) groups excluding carboxylic acids is 1. The molecule has 128 valence electrons. The highest BCUT2D eigenvalue weighted by atomic mass is 16.1. The molecule has 1 heterocycles. The summed E-state index contributed by atoms with van der Waals surface area (Å²) < 4.78 is 0. The minimum atomic E-state index is 0.102. The average molecular weight is 316 g/mol. The first-order chi connectivity index (χ1) is 11.0. The second kappa shape index (κ2) is 8.49. The molecule has 0 aromatic heterocycles. The van der Waals surface area contributed by atoms with E-state index >= 15 is 0 Å². The van der Waals surface area contributed by atoms with Crippen LogP contribution in [0, 0.1) is 11.8 Å². The standard InChI is InChI=1S/C20H32N2O/c1-14(2)17-6-8-18(9-7-17)20(15(3)4)22-19(23)10-5-16-11-12-21-13-16/h6-9,14-16,20-21H,5,10-13H2,1-4H3,(H,22,23). The van der Waals surface area contributed by atoms with Gasteiger partial charge in [0.2, 0.25) is 5.91 Å². The van der Waals surface area contributed by atoms with Crippen molar-refractivity contribution in [3.05, 3.63) is 35.4 Å². The quantitative estimate of drug-likeness (QED) is 0.798. The molecule has 0 bridgehead atoms. The summed E-state index contributed by atoms with van der Waals surface area (Å²) in [6.45, 7) is 10.9. The van der Waals surface area contributed by atoms with E-state index in [1.165, 1.54) is 17.5 Å². The van der Waals surface area contributed by atoms with E-state index in [-0.39, 0.29) is 11.9 Å². The molecule has 2 atom stereocenters. The summed E-state index contributed by atoms with van der Waals surface area (Å²) in [7, 11) is 0. The summed E-state index contributed by atoms with van der Waals surface area (Å²) in [6.07, 6.45) is 2.84. The Morgan fingerprint density at radius 2 is 1.83 bits per heavy atom. The molecule has 1 saturated heterocycles. The molecule has 0 radical (unpaired) electrons. The van der Waals surface area contributed by atoms with Crippen LogP contribution in [0.15, 0.2) is 24.3 Å².